The molecule has 1 aliphatic carbocycles. The van der Waals surface area contributed by atoms with Crippen LogP contribution in [-0.2, 0) is 0 Å². The highest BCUT2D eigenvalue weighted by Gasteiger charge is 2.08. The van der Waals surface area contributed by atoms with Crippen LogP contribution in [0.1, 0.15) is 32.1 Å². The first kappa shape index (κ1) is 29.3. The Hall–Kier alpha value is 2.69. The zero-order valence-electron chi connectivity index (χ0n) is 6.53. The van der Waals surface area contributed by atoms with Gasteiger partial charge < -0.3 is 0 Å². The van der Waals surface area contributed by atoms with Crippen LogP contribution in [0.3, 0.4) is 0 Å². The Kier molecular flexibility index (Phi) is 47.1. The first-order valence-corrected chi connectivity index (χ1v) is 3.47. The number of hydrogen-bond donors (Lipinski definition) is 0. The smallest absolute Gasteiger partial charge is 0.0336 e. The summed E-state index contributed by atoms with van der Waals surface area (Å²) in [6.45, 7) is 0. The molecule has 0 bridgehead atoms. The summed E-state index contributed by atoms with van der Waals surface area (Å²) in [4.78, 5) is 0. The molecule has 82 valence electrons. The van der Waals surface area contributed by atoms with Gasteiger partial charge in [0, 0.05) is 5.38 Å². The van der Waals surface area contributed by atoms with Crippen LogP contribution in [0, 0.1) is 0 Å². The quantitative estimate of drug-likeness (QED) is 0.371. The highest BCUT2D eigenvalue weighted by molar-refractivity contribution is 8.93. The van der Waals surface area contributed by atoms with Crippen LogP contribution < -0.4 is 0 Å². The molecule has 0 amide bonds. The molecule has 1 fully saturated rings. The van der Waals surface area contributed by atoms with Gasteiger partial charge in [0.15, 0.2) is 0 Å². The van der Waals surface area contributed by atoms with Crippen LogP contribution >= 0.6 is 96.5 Å². The van der Waals surface area contributed by atoms with Crippen molar-refractivity contribution in [3.8, 4) is 0 Å². The molecule has 0 aromatic rings. The Morgan fingerprint density at radius 2 is 1.00 bits per heavy atom. The van der Waals surface area contributed by atoms with Crippen molar-refractivity contribution < 1.29 is 0 Å². The third-order valence-corrected chi connectivity index (χ3v) is 1.97. The van der Waals surface area contributed by atoms with E-state index < -0.39 is 0 Å². The molecule has 0 spiro atoms. The maximum Gasteiger partial charge on any atom is 0.0336 e. The Morgan fingerprint density at radius 1 is 0.667 bits per heavy atom. The molecule has 0 nitrogen and oxygen atoms in total. The Bertz CT molecular complexity index is 57.9. The second-order valence-electron chi connectivity index (χ2n) is 2.24. The fourth-order valence-corrected chi connectivity index (χ4v) is 1.36. The molecule has 1 rings (SSSR count). The van der Waals surface area contributed by atoms with E-state index in [0.717, 1.165) is 0 Å². The highest BCUT2D eigenvalue weighted by atomic mass is 79.9. The van der Waals surface area contributed by atoms with E-state index in [2.05, 4.69) is 0 Å². The van der Waals surface area contributed by atoms with Crippen molar-refractivity contribution in [2.75, 3.05) is 0 Å². The highest BCUT2D eigenvalue weighted by Crippen LogP contribution is 2.21. The number of hydrogen-bond acceptors (Lipinski definition) is 0. The van der Waals surface area contributed by atoms with E-state index in [9.17, 15) is 0 Å². The molecule has 12 heavy (non-hydrogen) atoms. The topological polar surface area (TPSA) is 0 Å². The molecule has 0 aromatic heterocycles. The summed E-state index contributed by atoms with van der Waals surface area (Å²) < 4.78 is 0. The van der Waals surface area contributed by atoms with Gasteiger partial charge in [0.1, 0.15) is 0 Å². The van der Waals surface area contributed by atoms with E-state index >= 15 is 0 Å². The zero-order chi connectivity index (χ0) is 5.11. The standard InChI is InChI=1S/C6H11Cl.5BrH/c7-6-4-2-1-3-5-6;;;;;/h6H,1-5H2;5*1H. The molecule has 0 unspecified atom stereocenters. The lowest BCUT2D eigenvalue weighted by atomic mass is 10.0. The predicted molar refractivity (Wildman–Crippen MR) is 84.3 cm³/mol. The van der Waals surface area contributed by atoms with Gasteiger partial charge >= 0.3 is 0 Å². The first-order chi connectivity index (χ1) is 3.39. The van der Waals surface area contributed by atoms with E-state index in [4.69, 9.17) is 11.6 Å². The number of halogens is 6. The Labute approximate surface area is 132 Å². The lowest BCUT2D eigenvalue weighted by Crippen LogP contribution is -2.03. The van der Waals surface area contributed by atoms with Gasteiger partial charge in [-0.05, 0) is 12.8 Å². The van der Waals surface area contributed by atoms with Crippen molar-refractivity contribution in [1.82, 2.24) is 0 Å². The minimum Gasteiger partial charge on any atom is -0.123 e. The van der Waals surface area contributed by atoms with Crippen molar-refractivity contribution in [3.05, 3.63) is 0 Å². The second kappa shape index (κ2) is 19.3. The minimum atomic E-state index is 0. The monoisotopic (exact) mass is 518 g/mol. The van der Waals surface area contributed by atoms with Gasteiger partial charge in [-0.1, -0.05) is 19.3 Å². The number of rotatable bonds is 0. The van der Waals surface area contributed by atoms with Crippen molar-refractivity contribution in [2.45, 2.75) is 37.5 Å². The van der Waals surface area contributed by atoms with Gasteiger partial charge in [0.2, 0.25) is 0 Å². The molecule has 1 aliphatic rings. The third kappa shape index (κ3) is 15.2. The van der Waals surface area contributed by atoms with Crippen molar-refractivity contribution in [2.24, 2.45) is 0 Å². The number of alkyl halides is 1. The third-order valence-electron chi connectivity index (χ3n) is 1.53. The van der Waals surface area contributed by atoms with Gasteiger partial charge in [0.05, 0.1) is 0 Å². The average molecular weight is 523 g/mol. The van der Waals surface area contributed by atoms with Crippen LogP contribution in [0.4, 0.5) is 0 Å². The normalized spacial score (nSPS) is 14.8. The summed E-state index contributed by atoms with van der Waals surface area (Å²) >= 11 is 5.82. The van der Waals surface area contributed by atoms with E-state index in [1.807, 2.05) is 0 Å². The van der Waals surface area contributed by atoms with Crippen LogP contribution in [0.15, 0.2) is 0 Å². The molecule has 0 radical (unpaired) electrons. The minimum absolute atomic E-state index is 0. The van der Waals surface area contributed by atoms with Crippen molar-refractivity contribution in [3.63, 3.8) is 0 Å². The molecule has 0 aliphatic heterocycles. The lowest BCUT2D eigenvalue weighted by molar-refractivity contribution is 0.511. The van der Waals surface area contributed by atoms with E-state index in [1.165, 1.54) is 32.1 Å². The zero-order valence-corrected chi connectivity index (χ0v) is 15.9. The first-order valence-electron chi connectivity index (χ1n) is 3.03. The predicted octanol–water partition coefficient (Wildman–Crippen LogP) is 5.45. The Balaban J connectivity index is -0.0000000327. The van der Waals surface area contributed by atoms with Gasteiger partial charge in [-0.25, -0.2) is 0 Å². The molecule has 0 atom stereocenters. The van der Waals surface area contributed by atoms with Crippen LogP contribution in [-0.4, -0.2) is 5.38 Å². The van der Waals surface area contributed by atoms with Crippen molar-refractivity contribution >= 4 is 96.5 Å². The summed E-state index contributed by atoms with van der Waals surface area (Å²) in [7, 11) is 0. The fraction of sp³-hybridized carbons (Fsp3) is 1.00. The average Bonchev–Trinajstić information content (AvgIpc) is 1.69. The largest absolute Gasteiger partial charge is 0.123 e. The van der Waals surface area contributed by atoms with Crippen LogP contribution in [0.2, 0.25) is 0 Å². The Morgan fingerprint density at radius 3 is 1.17 bits per heavy atom. The summed E-state index contributed by atoms with van der Waals surface area (Å²) in [6, 6.07) is 0. The lowest BCUT2D eigenvalue weighted by Gasteiger charge is -2.13. The summed E-state index contributed by atoms with van der Waals surface area (Å²) in [6.07, 6.45) is 6.62. The molecule has 0 N–H and O–H groups in total. The SMILES string of the molecule is Br.Br.Br.Br.Br.ClC1CCCCC1. The van der Waals surface area contributed by atoms with E-state index in [0.29, 0.717) is 5.38 Å². The van der Waals surface area contributed by atoms with E-state index in [-0.39, 0.29) is 84.9 Å². The van der Waals surface area contributed by atoms with Crippen LogP contribution in [0.5, 0.6) is 0 Å². The van der Waals surface area contributed by atoms with Gasteiger partial charge in [-0.2, -0.15) is 0 Å². The molecular weight excluding hydrogens is 507 g/mol. The van der Waals surface area contributed by atoms with Gasteiger partial charge in [-0.15, -0.1) is 96.5 Å². The second-order valence-corrected chi connectivity index (χ2v) is 2.85. The van der Waals surface area contributed by atoms with Gasteiger partial charge in [0.25, 0.3) is 0 Å². The summed E-state index contributed by atoms with van der Waals surface area (Å²) in [5, 5.41) is 0.508. The molecule has 1 saturated carbocycles. The van der Waals surface area contributed by atoms with E-state index in [1.54, 1.807) is 0 Å². The van der Waals surface area contributed by atoms with Gasteiger partial charge in [-0.3, -0.25) is 0 Å². The maximum atomic E-state index is 5.82. The molecule has 0 saturated heterocycles. The van der Waals surface area contributed by atoms with Crippen molar-refractivity contribution in [1.29, 1.82) is 0 Å². The molecule has 0 aromatic carbocycles. The maximum absolute atomic E-state index is 5.82. The summed E-state index contributed by atoms with van der Waals surface area (Å²) in [5.41, 5.74) is 0. The van der Waals surface area contributed by atoms with Crippen LogP contribution in [0.25, 0.3) is 0 Å². The fourth-order valence-electron chi connectivity index (χ4n) is 1.05. The molecule has 6 heteroatoms. The molecule has 0 heterocycles. The summed E-state index contributed by atoms with van der Waals surface area (Å²) in [5.74, 6) is 0. The molecular formula is C6H16Br5Cl.